The normalized spacial score (nSPS) is 10.0. The second-order valence-electron chi connectivity index (χ2n) is 4.58. The van der Waals surface area contributed by atoms with Gasteiger partial charge in [0.2, 0.25) is 0 Å². The molecule has 0 aromatic heterocycles. The highest BCUT2D eigenvalue weighted by molar-refractivity contribution is 8.23. The van der Waals surface area contributed by atoms with E-state index in [1.807, 2.05) is 65.6 Å². The van der Waals surface area contributed by atoms with Crippen molar-refractivity contribution in [1.29, 1.82) is 0 Å². The molecule has 0 amide bonds. The molecule has 0 N–H and O–H groups in total. The van der Waals surface area contributed by atoms with Crippen molar-refractivity contribution in [2.45, 2.75) is 0 Å². The third-order valence-electron chi connectivity index (χ3n) is 3.02. The number of hydrogen-bond acceptors (Lipinski definition) is 3. The van der Waals surface area contributed by atoms with Crippen LogP contribution in [0.3, 0.4) is 0 Å². The highest BCUT2D eigenvalue weighted by Gasteiger charge is 2.13. The van der Waals surface area contributed by atoms with Crippen LogP contribution in [-0.2, 0) is 0 Å². The number of Topliss-reactive ketones (excluding diaryl/α,β-unsaturated/α-hetero) is 1. The van der Waals surface area contributed by atoms with Crippen molar-refractivity contribution in [3.63, 3.8) is 0 Å². The number of benzene rings is 2. The zero-order valence-corrected chi connectivity index (χ0v) is 13.8. The van der Waals surface area contributed by atoms with E-state index in [1.165, 1.54) is 11.8 Å². The van der Waals surface area contributed by atoms with E-state index in [-0.39, 0.29) is 5.78 Å². The number of ketones is 1. The molecule has 2 aromatic rings. The minimum Gasteiger partial charge on any atom is -0.323 e. The Morgan fingerprint density at radius 2 is 1.68 bits per heavy atom. The maximum atomic E-state index is 12.1. The van der Waals surface area contributed by atoms with Gasteiger partial charge in [0.1, 0.15) is 4.32 Å². The molecule has 0 spiro atoms. The average molecular weight is 327 g/mol. The van der Waals surface area contributed by atoms with E-state index in [0.717, 1.165) is 5.69 Å². The minimum absolute atomic E-state index is 0.0829. The first-order valence-electron chi connectivity index (χ1n) is 6.91. The van der Waals surface area contributed by atoms with E-state index < -0.39 is 0 Å². The Hall–Kier alpha value is -1.91. The van der Waals surface area contributed by atoms with E-state index in [1.54, 1.807) is 6.08 Å². The van der Waals surface area contributed by atoms with Gasteiger partial charge in [-0.15, -0.1) is 6.58 Å². The third-order valence-corrected chi connectivity index (χ3v) is 4.47. The monoisotopic (exact) mass is 327 g/mol. The van der Waals surface area contributed by atoms with Crippen LogP contribution in [0.1, 0.15) is 10.4 Å². The molecule has 0 aliphatic rings. The van der Waals surface area contributed by atoms with Gasteiger partial charge in [0.25, 0.3) is 0 Å². The Labute approximate surface area is 140 Å². The molecule has 0 aliphatic heterocycles. The summed E-state index contributed by atoms with van der Waals surface area (Å²) in [6, 6.07) is 19.2. The molecule has 0 radical (unpaired) electrons. The molecular formula is C18H17NOS2. The van der Waals surface area contributed by atoms with Crippen molar-refractivity contribution in [2.75, 3.05) is 17.2 Å². The first-order chi connectivity index (χ1) is 10.7. The Kier molecular flexibility index (Phi) is 6.37. The molecule has 0 saturated heterocycles. The summed E-state index contributed by atoms with van der Waals surface area (Å²) < 4.78 is 0.676. The largest absolute Gasteiger partial charge is 0.323 e. The number of thioether (sulfide) groups is 1. The topological polar surface area (TPSA) is 20.3 Å². The van der Waals surface area contributed by atoms with Gasteiger partial charge in [-0.2, -0.15) is 0 Å². The maximum Gasteiger partial charge on any atom is 0.173 e. The number of thiocarbonyl (C=S) groups is 1. The molecule has 0 aliphatic carbocycles. The number of hydrogen-bond donors (Lipinski definition) is 0. The van der Waals surface area contributed by atoms with Gasteiger partial charge in [-0.25, -0.2) is 0 Å². The average Bonchev–Trinajstić information content (AvgIpc) is 2.58. The maximum absolute atomic E-state index is 12.1. The quantitative estimate of drug-likeness (QED) is 0.439. The van der Waals surface area contributed by atoms with Crippen molar-refractivity contribution in [2.24, 2.45) is 0 Å². The van der Waals surface area contributed by atoms with Crippen LogP contribution < -0.4 is 4.90 Å². The lowest BCUT2D eigenvalue weighted by atomic mass is 10.2. The van der Waals surface area contributed by atoms with Crippen LogP contribution in [-0.4, -0.2) is 22.4 Å². The molecule has 22 heavy (non-hydrogen) atoms. The zero-order valence-electron chi connectivity index (χ0n) is 12.1. The van der Waals surface area contributed by atoms with Crippen molar-refractivity contribution in [3.05, 3.63) is 78.9 Å². The van der Waals surface area contributed by atoms with Crippen LogP contribution in [0.15, 0.2) is 73.3 Å². The lowest BCUT2D eigenvalue weighted by Gasteiger charge is -2.23. The molecule has 0 unspecified atom stereocenters. The molecule has 112 valence electrons. The first kappa shape index (κ1) is 16.5. The number of carbonyl (C=O) groups excluding carboxylic acids is 1. The van der Waals surface area contributed by atoms with E-state index in [0.29, 0.717) is 22.2 Å². The lowest BCUT2D eigenvalue weighted by molar-refractivity contribution is 0.102. The molecule has 0 atom stereocenters. The minimum atomic E-state index is 0.0829. The summed E-state index contributed by atoms with van der Waals surface area (Å²) in [4.78, 5) is 14.1. The highest BCUT2D eigenvalue weighted by atomic mass is 32.2. The van der Waals surface area contributed by atoms with Crippen molar-refractivity contribution in [3.8, 4) is 0 Å². The Morgan fingerprint density at radius 3 is 2.27 bits per heavy atom. The van der Waals surface area contributed by atoms with E-state index >= 15 is 0 Å². The van der Waals surface area contributed by atoms with Gasteiger partial charge in [-0.3, -0.25) is 4.79 Å². The van der Waals surface area contributed by atoms with E-state index in [2.05, 4.69) is 6.58 Å². The smallest absolute Gasteiger partial charge is 0.173 e. The molecule has 2 nitrogen and oxygen atoms in total. The van der Waals surface area contributed by atoms with E-state index in [9.17, 15) is 4.79 Å². The second kappa shape index (κ2) is 8.51. The molecule has 0 bridgehead atoms. The third kappa shape index (κ3) is 4.55. The number of carbonyl (C=O) groups is 1. The van der Waals surface area contributed by atoms with Crippen molar-refractivity contribution < 1.29 is 4.79 Å². The van der Waals surface area contributed by atoms with Crippen LogP contribution in [0.4, 0.5) is 5.69 Å². The molecule has 0 heterocycles. The van der Waals surface area contributed by atoms with Gasteiger partial charge < -0.3 is 4.90 Å². The van der Waals surface area contributed by atoms with Crippen LogP contribution in [0, 0.1) is 0 Å². The fraction of sp³-hybridized carbons (Fsp3) is 0.111. The number of nitrogens with zero attached hydrogens (tertiary/aromatic N) is 1. The molecule has 2 rings (SSSR count). The molecular weight excluding hydrogens is 310 g/mol. The number of rotatable bonds is 6. The van der Waals surface area contributed by atoms with Gasteiger partial charge >= 0.3 is 0 Å². The summed E-state index contributed by atoms with van der Waals surface area (Å²) in [6.07, 6.45) is 1.80. The Morgan fingerprint density at radius 1 is 1.09 bits per heavy atom. The molecule has 0 fully saturated rings. The van der Waals surface area contributed by atoms with Crippen molar-refractivity contribution >= 4 is 39.8 Å². The van der Waals surface area contributed by atoms with Crippen LogP contribution >= 0.6 is 24.0 Å². The fourth-order valence-corrected chi connectivity index (χ4v) is 3.05. The summed E-state index contributed by atoms with van der Waals surface area (Å²) in [6.45, 7) is 4.39. The Bertz CT molecular complexity index is 641. The summed E-state index contributed by atoms with van der Waals surface area (Å²) >= 11 is 6.86. The second-order valence-corrected chi connectivity index (χ2v) is 6.19. The zero-order chi connectivity index (χ0) is 15.8. The molecule has 2 aromatic carbocycles. The summed E-state index contributed by atoms with van der Waals surface area (Å²) in [5, 5.41) is 0. The van der Waals surface area contributed by atoms with Gasteiger partial charge in [0.15, 0.2) is 5.78 Å². The highest BCUT2D eigenvalue weighted by Crippen LogP contribution is 2.20. The molecule has 4 heteroatoms. The number of anilines is 1. The first-order valence-corrected chi connectivity index (χ1v) is 8.30. The van der Waals surface area contributed by atoms with Crippen LogP contribution in [0.25, 0.3) is 0 Å². The van der Waals surface area contributed by atoms with Crippen LogP contribution in [0.2, 0.25) is 0 Å². The summed E-state index contributed by atoms with van der Waals surface area (Å²) in [7, 11) is 0. The van der Waals surface area contributed by atoms with Gasteiger partial charge in [-0.1, -0.05) is 78.6 Å². The lowest BCUT2D eigenvalue weighted by Crippen LogP contribution is -2.27. The fourth-order valence-electron chi connectivity index (χ4n) is 1.93. The SMILES string of the molecule is C=CCN(C(=S)SCC(=O)c1ccccc1)c1ccccc1. The predicted octanol–water partition coefficient (Wildman–Crippen LogP) is 4.58. The van der Waals surface area contributed by atoms with Crippen LogP contribution in [0.5, 0.6) is 0 Å². The Balaban J connectivity index is 2.00. The predicted molar refractivity (Wildman–Crippen MR) is 99.8 cm³/mol. The molecule has 0 saturated carbocycles. The van der Waals surface area contributed by atoms with E-state index in [4.69, 9.17) is 12.2 Å². The van der Waals surface area contributed by atoms with Gasteiger partial charge in [-0.05, 0) is 12.1 Å². The summed E-state index contributed by atoms with van der Waals surface area (Å²) in [5.74, 6) is 0.420. The van der Waals surface area contributed by atoms with Crippen molar-refractivity contribution in [1.82, 2.24) is 0 Å². The summed E-state index contributed by atoms with van der Waals surface area (Å²) in [5.41, 5.74) is 1.72. The van der Waals surface area contributed by atoms with Gasteiger partial charge in [0, 0.05) is 17.8 Å². The van der Waals surface area contributed by atoms with Gasteiger partial charge in [0.05, 0.1) is 5.75 Å². The number of para-hydroxylation sites is 1. The standard InChI is InChI=1S/C18H17NOS2/c1-2-13-19(16-11-7-4-8-12-16)18(21)22-14-17(20)15-9-5-3-6-10-15/h2-12H,1,13-14H2.